The molecule has 3 aromatic rings. The highest BCUT2D eigenvalue weighted by molar-refractivity contribution is 5.63. The molecule has 0 radical (unpaired) electrons. The molecule has 0 N–H and O–H groups in total. The third kappa shape index (κ3) is 2.04. The summed E-state index contributed by atoms with van der Waals surface area (Å²) in [6, 6.07) is 6.02. The first-order valence-corrected chi connectivity index (χ1v) is 8.10. The van der Waals surface area contributed by atoms with Crippen molar-refractivity contribution in [3.05, 3.63) is 30.1 Å². The highest BCUT2D eigenvalue weighted by Crippen LogP contribution is 2.34. The number of aromatic nitrogens is 5. The van der Waals surface area contributed by atoms with E-state index in [1.54, 1.807) is 0 Å². The average molecular weight is 310 g/mol. The van der Waals surface area contributed by atoms with Gasteiger partial charge in [-0.3, -0.25) is 8.97 Å². The number of rotatable bonds is 2. The number of nitrogens with zero attached hydrogens (tertiary/aromatic N) is 6. The highest BCUT2D eigenvalue weighted by atomic mass is 15.4. The maximum absolute atomic E-state index is 4.63. The van der Waals surface area contributed by atoms with Crippen LogP contribution in [0.4, 0.5) is 5.95 Å². The van der Waals surface area contributed by atoms with Gasteiger partial charge in [0.05, 0.1) is 5.69 Å². The number of pyridine rings is 1. The van der Waals surface area contributed by atoms with Crippen LogP contribution in [0.15, 0.2) is 24.4 Å². The summed E-state index contributed by atoms with van der Waals surface area (Å²) in [6.45, 7) is 7.60. The van der Waals surface area contributed by atoms with Crippen molar-refractivity contribution in [1.29, 1.82) is 0 Å². The normalized spacial score (nSPS) is 17.3. The van der Waals surface area contributed by atoms with Gasteiger partial charge in [-0.15, -0.1) is 10.2 Å². The van der Waals surface area contributed by atoms with Crippen molar-refractivity contribution < 1.29 is 0 Å². The number of anilines is 1. The molecule has 1 aliphatic rings. The summed E-state index contributed by atoms with van der Waals surface area (Å²) in [5, 5.41) is 8.98. The fraction of sp³-hybridized carbons (Fsp3) is 0.471. The van der Waals surface area contributed by atoms with E-state index in [0.717, 1.165) is 35.4 Å². The van der Waals surface area contributed by atoms with Crippen LogP contribution in [0.25, 0.3) is 17.2 Å². The molecule has 0 aromatic carbocycles. The lowest BCUT2D eigenvalue weighted by atomic mass is 10.0. The summed E-state index contributed by atoms with van der Waals surface area (Å²) in [5.41, 5.74) is 3.05. The second-order valence-electron chi connectivity index (χ2n) is 6.92. The molecule has 6 heteroatoms. The number of fused-ring (bicyclic) bond motifs is 1. The van der Waals surface area contributed by atoms with Crippen molar-refractivity contribution in [3.63, 3.8) is 0 Å². The van der Waals surface area contributed by atoms with Crippen LogP contribution in [0.3, 0.4) is 0 Å². The predicted molar refractivity (Wildman–Crippen MR) is 90.6 cm³/mol. The number of aryl methyl sites for hydroxylation is 1. The SMILES string of the molecule is Cc1nc2ccccn2c1-c1nnc(N2CCCC2(C)C)n1C. The fourth-order valence-electron chi connectivity index (χ4n) is 3.62. The van der Waals surface area contributed by atoms with Crippen LogP contribution >= 0.6 is 0 Å². The first-order chi connectivity index (χ1) is 11.0. The van der Waals surface area contributed by atoms with E-state index < -0.39 is 0 Å². The molecule has 23 heavy (non-hydrogen) atoms. The Morgan fingerprint density at radius 2 is 2.00 bits per heavy atom. The van der Waals surface area contributed by atoms with E-state index >= 15 is 0 Å². The van der Waals surface area contributed by atoms with Crippen LogP contribution in [-0.4, -0.2) is 36.2 Å². The van der Waals surface area contributed by atoms with Crippen molar-refractivity contribution in [2.24, 2.45) is 7.05 Å². The molecule has 0 spiro atoms. The zero-order valence-corrected chi connectivity index (χ0v) is 14.1. The van der Waals surface area contributed by atoms with Gasteiger partial charge >= 0.3 is 0 Å². The fourth-order valence-corrected chi connectivity index (χ4v) is 3.62. The summed E-state index contributed by atoms with van der Waals surface area (Å²) in [7, 11) is 2.04. The van der Waals surface area contributed by atoms with Crippen molar-refractivity contribution in [1.82, 2.24) is 24.1 Å². The second kappa shape index (κ2) is 4.81. The molecule has 4 heterocycles. The van der Waals surface area contributed by atoms with Gasteiger partial charge in [-0.05, 0) is 45.7 Å². The lowest BCUT2D eigenvalue weighted by Crippen LogP contribution is -2.39. The van der Waals surface area contributed by atoms with Gasteiger partial charge in [0.2, 0.25) is 5.95 Å². The summed E-state index contributed by atoms with van der Waals surface area (Å²) < 4.78 is 4.18. The summed E-state index contributed by atoms with van der Waals surface area (Å²) >= 11 is 0. The van der Waals surface area contributed by atoms with E-state index in [4.69, 9.17) is 0 Å². The number of imidazole rings is 1. The zero-order valence-electron chi connectivity index (χ0n) is 14.1. The van der Waals surface area contributed by atoms with E-state index in [1.165, 1.54) is 12.8 Å². The van der Waals surface area contributed by atoms with Crippen LogP contribution in [0.2, 0.25) is 0 Å². The van der Waals surface area contributed by atoms with Crippen molar-refractivity contribution in [3.8, 4) is 11.5 Å². The molecule has 0 aliphatic carbocycles. The van der Waals surface area contributed by atoms with E-state index in [-0.39, 0.29) is 5.54 Å². The molecule has 0 bridgehead atoms. The van der Waals surface area contributed by atoms with E-state index in [9.17, 15) is 0 Å². The topological polar surface area (TPSA) is 51.2 Å². The minimum Gasteiger partial charge on any atom is -0.336 e. The Kier molecular flexibility index (Phi) is 2.98. The van der Waals surface area contributed by atoms with Crippen LogP contribution in [0.1, 0.15) is 32.4 Å². The van der Waals surface area contributed by atoms with Crippen molar-refractivity contribution in [2.75, 3.05) is 11.4 Å². The van der Waals surface area contributed by atoms with E-state index in [2.05, 4.69) is 42.9 Å². The minimum absolute atomic E-state index is 0.132. The highest BCUT2D eigenvalue weighted by Gasteiger charge is 2.35. The molecular formula is C17H22N6. The Morgan fingerprint density at radius 3 is 2.74 bits per heavy atom. The van der Waals surface area contributed by atoms with Gasteiger partial charge in [0.1, 0.15) is 11.3 Å². The van der Waals surface area contributed by atoms with E-state index in [1.807, 2.05) is 38.4 Å². The van der Waals surface area contributed by atoms with Gasteiger partial charge in [0, 0.05) is 25.3 Å². The molecule has 120 valence electrons. The Bertz CT molecular complexity index is 872. The summed E-state index contributed by atoms with van der Waals surface area (Å²) in [6.07, 6.45) is 4.41. The number of hydrogen-bond acceptors (Lipinski definition) is 4. The molecule has 0 saturated carbocycles. The van der Waals surface area contributed by atoms with Crippen LogP contribution < -0.4 is 4.90 Å². The molecule has 1 saturated heterocycles. The van der Waals surface area contributed by atoms with Crippen molar-refractivity contribution in [2.45, 2.75) is 39.2 Å². The van der Waals surface area contributed by atoms with Crippen LogP contribution in [-0.2, 0) is 7.05 Å². The molecular weight excluding hydrogens is 288 g/mol. The molecule has 1 fully saturated rings. The van der Waals surface area contributed by atoms with Gasteiger partial charge in [-0.1, -0.05) is 6.07 Å². The van der Waals surface area contributed by atoms with Crippen LogP contribution in [0.5, 0.6) is 0 Å². The third-order valence-corrected chi connectivity index (χ3v) is 4.91. The number of hydrogen-bond donors (Lipinski definition) is 0. The monoisotopic (exact) mass is 310 g/mol. The Balaban J connectivity index is 1.86. The minimum atomic E-state index is 0.132. The van der Waals surface area contributed by atoms with Crippen molar-refractivity contribution >= 4 is 11.6 Å². The van der Waals surface area contributed by atoms with Gasteiger partial charge in [-0.25, -0.2) is 4.98 Å². The molecule has 0 atom stereocenters. The largest absolute Gasteiger partial charge is 0.336 e. The maximum atomic E-state index is 4.63. The maximum Gasteiger partial charge on any atom is 0.227 e. The lowest BCUT2D eigenvalue weighted by molar-refractivity contribution is 0.505. The molecule has 1 aliphatic heterocycles. The summed E-state index contributed by atoms with van der Waals surface area (Å²) in [5.74, 6) is 1.80. The van der Waals surface area contributed by atoms with Gasteiger partial charge in [-0.2, -0.15) is 0 Å². The molecule has 3 aromatic heterocycles. The summed E-state index contributed by atoms with van der Waals surface area (Å²) in [4.78, 5) is 7.00. The second-order valence-corrected chi connectivity index (χ2v) is 6.92. The van der Waals surface area contributed by atoms with Gasteiger partial charge in [0.15, 0.2) is 5.82 Å². The first-order valence-electron chi connectivity index (χ1n) is 8.10. The predicted octanol–water partition coefficient (Wildman–Crippen LogP) is 2.82. The molecule has 0 amide bonds. The lowest BCUT2D eigenvalue weighted by Gasteiger charge is -2.31. The molecule has 6 nitrogen and oxygen atoms in total. The Labute approximate surface area is 135 Å². The Morgan fingerprint density at radius 1 is 1.17 bits per heavy atom. The first kappa shape index (κ1) is 14.2. The molecule has 0 unspecified atom stereocenters. The average Bonchev–Trinajstić information content (AvgIpc) is 3.13. The third-order valence-electron chi connectivity index (χ3n) is 4.91. The Hall–Kier alpha value is -2.37. The smallest absolute Gasteiger partial charge is 0.227 e. The van der Waals surface area contributed by atoms with Gasteiger partial charge < -0.3 is 4.90 Å². The van der Waals surface area contributed by atoms with Crippen LogP contribution in [0, 0.1) is 6.92 Å². The standard InChI is InChI=1S/C17H22N6/c1-12-14(22-10-6-5-8-13(22)18-12)15-19-20-16(21(15)4)23-11-7-9-17(23,2)3/h5-6,8,10H,7,9,11H2,1-4H3. The molecule has 4 rings (SSSR count). The van der Waals surface area contributed by atoms with E-state index in [0.29, 0.717) is 0 Å². The quantitative estimate of drug-likeness (QED) is 0.730. The zero-order chi connectivity index (χ0) is 16.2. The van der Waals surface area contributed by atoms with Gasteiger partial charge in [0.25, 0.3) is 0 Å².